The zero-order valence-corrected chi connectivity index (χ0v) is 9.54. The van der Waals surface area contributed by atoms with Crippen molar-refractivity contribution in [2.45, 2.75) is 63.0 Å². The topological polar surface area (TPSA) is 32.3 Å². The van der Waals surface area contributed by atoms with Gasteiger partial charge in [-0.15, -0.1) is 0 Å². The quantitative estimate of drug-likeness (QED) is 0.699. The lowest BCUT2D eigenvalue weighted by Crippen LogP contribution is -2.45. The molecule has 0 aliphatic heterocycles. The maximum atomic E-state index is 10.3. The van der Waals surface area contributed by atoms with Crippen LogP contribution in [-0.2, 0) is 0 Å². The van der Waals surface area contributed by atoms with Gasteiger partial charge >= 0.3 is 0 Å². The summed E-state index contributed by atoms with van der Waals surface area (Å²) in [7, 11) is 0. The van der Waals surface area contributed by atoms with Gasteiger partial charge in [-0.2, -0.15) is 0 Å². The van der Waals surface area contributed by atoms with Crippen LogP contribution < -0.4 is 5.32 Å². The zero-order chi connectivity index (χ0) is 10.6. The molecule has 2 aliphatic carbocycles. The first-order valence-electron chi connectivity index (χ1n) is 6.39. The second-order valence-electron chi connectivity index (χ2n) is 5.15. The number of hydrogen-bond acceptors (Lipinski definition) is 2. The lowest BCUT2D eigenvalue weighted by Gasteiger charge is -2.32. The minimum Gasteiger partial charge on any atom is -0.388 e. The number of rotatable bonds is 3. The third-order valence-electron chi connectivity index (χ3n) is 3.77. The van der Waals surface area contributed by atoms with Gasteiger partial charge in [0.1, 0.15) is 0 Å². The maximum absolute atomic E-state index is 10.3. The summed E-state index contributed by atoms with van der Waals surface area (Å²) in [6, 6.07) is 0.661. The number of hydrogen-bond donors (Lipinski definition) is 2. The van der Waals surface area contributed by atoms with E-state index in [1.807, 2.05) is 0 Å². The summed E-state index contributed by atoms with van der Waals surface area (Å²) in [4.78, 5) is 0. The van der Waals surface area contributed by atoms with Gasteiger partial charge in [0, 0.05) is 12.6 Å². The molecular weight excluding hydrogens is 186 g/mol. The van der Waals surface area contributed by atoms with Crippen molar-refractivity contribution in [2.75, 3.05) is 6.54 Å². The molecule has 2 N–H and O–H groups in total. The summed E-state index contributed by atoms with van der Waals surface area (Å²) >= 11 is 0. The summed E-state index contributed by atoms with van der Waals surface area (Å²) in [5.74, 6) is 0. The van der Waals surface area contributed by atoms with Gasteiger partial charge in [0.25, 0.3) is 0 Å². The van der Waals surface area contributed by atoms with Crippen molar-refractivity contribution in [3.05, 3.63) is 12.2 Å². The van der Waals surface area contributed by atoms with Crippen LogP contribution in [0.1, 0.15) is 51.4 Å². The second-order valence-corrected chi connectivity index (χ2v) is 5.15. The first-order chi connectivity index (χ1) is 7.29. The van der Waals surface area contributed by atoms with Crippen molar-refractivity contribution >= 4 is 0 Å². The molecule has 0 aromatic rings. The van der Waals surface area contributed by atoms with Gasteiger partial charge < -0.3 is 10.4 Å². The molecule has 0 aromatic carbocycles. The summed E-state index contributed by atoms with van der Waals surface area (Å²) in [6.07, 6.45) is 13.8. The van der Waals surface area contributed by atoms with Gasteiger partial charge in [0.2, 0.25) is 0 Å². The lowest BCUT2D eigenvalue weighted by molar-refractivity contribution is 0.0278. The van der Waals surface area contributed by atoms with Crippen LogP contribution in [0.25, 0.3) is 0 Å². The normalized spacial score (nSPS) is 33.1. The lowest BCUT2D eigenvalue weighted by atomic mass is 9.88. The Labute approximate surface area is 92.8 Å². The van der Waals surface area contributed by atoms with E-state index in [-0.39, 0.29) is 0 Å². The highest BCUT2D eigenvalue weighted by Gasteiger charge is 2.27. The van der Waals surface area contributed by atoms with E-state index in [2.05, 4.69) is 17.5 Å². The molecule has 0 aromatic heterocycles. The highest BCUT2D eigenvalue weighted by atomic mass is 16.3. The Morgan fingerprint density at radius 1 is 1.20 bits per heavy atom. The van der Waals surface area contributed by atoms with Crippen molar-refractivity contribution in [1.29, 1.82) is 0 Å². The molecule has 2 aliphatic rings. The predicted octanol–water partition coefficient (Wildman–Crippen LogP) is 2.38. The largest absolute Gasteiger partial charge is 0.388 e. The number of aliphatic hydroxyl groups is 1. The van der Waals surface area contributed by atoms with E-state index in [4.69, 9.17) is 0 Å². The molecule has 1 fully saturated rings. The van der Waals surface area contributed by atoms with Gasteiger partial charge in [-0.3, -0.25) is 0 Å². The molecule has 0 amide bonds. The Hall–Kier alpha value is -0.340. The van der Waals surface area contributed by atoms with Crippen LogP contribution >= 0.6 is 0 Å². The number of allylic oxidation sites excluding steroid dienone is 1. The van der Waals surface area contributed by atoms with E-state index in [1.165, 1.54) is 32.1 Å². The van der Waals surface area contributed by atoms with Crippen LogP contribution in [0.2, 0.25) is 0 Å². The third-order valence-corrected chi connectivity index (χ3v) is 3.77. The average Bonchev–Trinajstić information content (AvgIpc) is 2.29. The highest BCUT2D eigenvalue weighted by Crippen LogP contribution is 2.24. The standard InChI is InChI=1S/C13H23NO/c15-13(9-5-2-6-10-13)11-14-12-7-3-1-4-8-12/h2,5,12,14-15H,1,3-4,6-11H2. The first-order valence-corrected chi connectivity index (χ1v) is 6.39. The molecule has 2 nitrogen and oxygen atoms in total. The van der Waals surface area contributed by atoms with Crippen LogP contribution in [0.4, 0.5) is 0 Å². The first kappa shape index (κ1) is 11.2. The Morgan fingerprint density at radius 2 is 2.00 bits per heavy atom. The van der Waals surface area contributed by atoms with Crippen LogP contribution in [0.5, 0.6) is 0 Å². The molecule has 86 valence electrons. The fourth-order valence-electron chi connectivity index (χ4n) is 2.68. The molecule has 1 unspecified atom stereocenters. The molecule has 1 saturated carbocycles. The molecular formula is C13H23NO. The van der Waals surface area contributed by atoms with Crippen LogP contribution in [0, 0.1) is 0 Å². The molecule has 2 heteroatoms. The SMILES string of the molecule is OC1(CNC2CCCCC2)CC=CCC1. The summed E-state index contributed by atoms with van der Waals surface area (Å²) in [5, 5.41) is 13.8. The van der Waals surface area contributed by atoms with E-state index in [9.17, 15) is 5.11 Å². The molecule has 0 heterocycles. The van der Waals surface area contributed by atoms with Crippen molar-refractivity contribution in [2.24, 2.45) is 0 Å². The molecule has 15 heavy (non-hydrogen) atoms. The fourth-order valence-corrected chi connectivity index (χ4v) is 2.68. The molecule has 0 bridgehead atoms. The van der Waals surface area contributed by atoms with E-state index < -0.39 is 5.60 Å². The minimum absolute atomic E-state index is 0.466. The Kier molecular flexibility index (Phi) is 3.81. The fraction of sp³-hybridized carbons (Fsp3) is 0.846. The second kappa shape index (κ2) is 5.13. The van der Waals surface area contributed by atoms with Crippen molar-refractivity contribution in [3.63, 3.8) is 0 Å². The van der Waals surface area contributed by atoms with Gasteiger partial charge in [0.05, 0.1) is 5.60 Å². The van der Waals surface area contributed by atoms with Crippen LogP contribution in [0.3, 0.4) is 0 Å². The van der Waals surface area contributed by atoms with E-state index in [0.717, 1.165) is 25.8 Å². The summed E-state index contributed by atoms with van der Waals surface area (Å²) in [5.41, 5.74) is -0.466. The molecule has 2 rings (SSSR count). The third kappa shape index (κ3) is 3.32. The Balaban J connectivity index is 1.73. The minimum atomic E-state index is -0.466. The van der Waals surface area contributed by atoms with Crippen molar-refractivity contribution in [1.82, 2.24) is 5.32 Å². The summed E-state index contributed by atoms with van der Waals surface area (Å²) in [6.45, 7) is 0.780. The number of nitrogens with one attached hydrogen (secondary N) is 1. The van der Waals surface area contributed by atoms with Gasteiger partial charge in [-0.25, -0.2) is 0 Å². The van der Waals surface area contributed by atoms with Gasteiger partial charge in [-0.05, 0) is 32.1 Å². The van der Waals surface area contributed by atoms with Gasteiger partial charge in [0.15, 0.2) is 0 Å². The predicted molar refractivity (Wildman–Crippen MR) is 62.8 cm³/mol. The van der Waals surface area contributed by atoms with Crippen LogP contribution in [0.15, 0.2) is 12.2 Å². The maximum Gasteiger partial charge on any atom is 0.0808 e. The molecule has 1 atom stereocenters. The van der Waals surface area contributed by atoms with Crippen molar-refractivity contribution < 1.29 is 5.11 Å². The molecule has 0 saturated heterocycles. The van der Waals surface area contributed by atoms with Crippen LogP contribution in [-0.4, -0.2) is 23.3 Å². The Morgan fingerprint density at radius 3 is 2.67 bits per heavy atom. The zero-order valence-electron chi connectivity index (χ0n) is 9.54. The molecule has 0 radical (unpaired) electrons. The highest BCUT2D eigenvalue weighted by molar-refractivity contribution is 4.99. The van der Waals surface area contributed by atoms with Crippen molar-refractivity contribution in [3.8, 4) is 0 Å². The van der Waals surface area contributed by atoms with E-state index in [1.54, 1.807) is 0 Å². The molecule has 0 spiro atoms. The van der Waals surface area contributed by atoms with Gasteiger partial charge in [-0.1, -0.05) is 31.4 Å². The monoisotopic (exact) mass is 209 g/mol. The smallest absolute Gasteiger partial charge is 0.0808 e. The summed E-state index contributed by atoms with van der Waals surface area (Å²) < 4.78 is 0. The van der Waals surface area contributed by atoms with E-state index in [0.29, 0.717) is 6.04 Å². The average molecular weight is 209 g/mol. The Bertz CT molecular complexity index is 221. The van der Waals surface area contributed by atoms with E-state index >= 15 is 0 Å².